The second-order valence-electron chi connectivity index (χ2n) is 4.29. The Bertz CT molecular complexity index is 341. The molecule has 1 heterocycles. The molecule has 1 heteroatoms. The molecule has 1 aliphatic heterocycles. The minimum Gasteiger partial charge on any atom is -0.364 e. The van der Waals surface area contributed by atoms with Crippen LogP contribution in [0.25, 0.3) is 0 Å². The van der Waals surface area contributed by atoms with Gasteiger partial charge in [0.2, 0.25) is 0 Å². The maximum atomic E-state index is 5.59. The summed E-state index contributed by atoms with van der Waals surface area (Å²) in [4.78, 5) is 0. The van der Waals surface area contributed by atoms with Crippen LogP contribution in [0.1, 0.15) is 31.1 Å². The number of benzene rings is 1. The summed E-state index contributed by atoms with van der Waals surface area (Å²) in [5.74, 6) is 0. The highest BCUT2D eigenvalue weighted by molar-refractivity contribution is 5.46. The van der Waals surface area contributed by atoms with Crippen molar-refractivity contribution >= 4 is 0 Å². The molecule has 62 valence electrons. The Labute approximate surface area is 72.4 Å². The molecule has 1 aliphatic carbocycles. The van der Waals surface area contributed by atoms with Crippen LogP contribution in [0, 0.1) is 0 Å². The highest BCUT2D eigenvalue weighted by atomic mass is 16.6. The van der Waals surface area contributed by atoms with Crippen molar-refractivity contribution in [2.24, 2.45) is 0 Å². The van der Waals surface area contributed by atoms with Gasteiger partial charge in [0.1, 0.15) is 6.10 Å². The second-order valence-corrected chi connectivity index (χ2v) is 4.29. The Hall–Kier alpha value is -0.820. The molecule has 0 amide bonds. The first-order chi connectivity index (χ1) is 5.71. The zero-order valence-corrected chi connectivity index (χ0v) is 7.37. The van der Waals surface area contributed by atoms with Crippen LogP contribution in [-0.4, -0.2) is 6.10 Å². The van der Waals surface area contributed by atoms with Crippen molar-refractivity contribution in [1.82, 2.24) is 0 Å². The molecule has 0 radical (unpaired) electrons. The quantitative estimate of drug-likeness (QED) is 0.531. The molecule has 0 spiro atoms. The minimum absolute atomic E-state index is 0.237. The van der Waals surface area contributed by atoms with Crippen molar-refractivity contribution in [1.29, 1.82) is 0 Å². The van der Waals surface area contributed by atoms with Crippen molar-refractivity contribution in [3.05, 3.63) is 35.4 Å². The van der Waals surface area contributed by atoms with Crippen LogP contribution < -0.4 is 0 Å². The molecule has 1 fully saturated rings. The van der Waals surface area contributed by atoms with Gasteiger partial charge in [-0.1, -0.05) is 38.1 Å². The lowest BCUT2D eigenvalue weighted by Gasteiger charge is -2.20. The lowest BCUT2D eigenvalue weighted by atomic mass is 9.85. The number of fused-ring (bicyclic) bond motifs is 3. The number of epoxide rings is 1. The summed E-state index contributed by atoms with van der Waals surface area (Å²) < 4.78 is 5.59. The maximum Gasteiger partial charge on any atom is 0.110 e. The fourth-order valence-electron chi connectivity index (χ4n) is 2.38. The molecule has 0 N–H and O–H groups in total. The average molecular weight is 160 g/mol. The van der Waals surface area contributed by atoms with E-state index in [-0.39, 0.29) is 5.41 Å². The topological polar surface area (TPSA) is 12.5 Å². The van der Waals surface area contributed by atoms with Crippen molar-refractivity contribution in [3.63, 3.8) is 0 Å². The Balaban J connectivity index is 2.26. The zero-order chi connectivity index (χ0) is 8.34. The molecular weight excluding hydrogens is 148 g/mol. The van der Waals surface area contributed by atoms with Gasteiger partial charge < -0.3 is 4.74 Å². The molecule has 0 unspecified atom stereocenters. The van der Waals surface area contributed by atoms with Crippen molar-refractivity contribution < 1.29 is 4.74 Å². The first-order valence-corrected chi connectivity index (χ1v) is 4.46. The molecule has 1 aromatic carbocycles. The number of ether oxygens (including phenoxy) is 1. The normalized spacial score (nSPS) is 34.2. The van der Waals surface area contributed by atoms with Crippen LogP contribution in [0.15, 0.2) is 24.3 Å². The SMILES string of the molecule is CC1(C)c2ccccc2[C@@H]2O[C@@H]21. The van der Waals surface area contributed by atoms with Gasteiger partial charge in [0, 0.05) is 5.41 Å². The number of hydrogen-bond acceptors (Lipinski definition) is 1. The molecule has 2 atom stereocenters. The van der Waals surface area contributed by atoms with E-state index in [0.29, 0.717) is 12.2 Å². The summed E-state index contributed by atoms with van der Waals surface area (Å²) in [6.07, 6.45) is 0.867. The van der Waals surface area contributed by atoms with Gasteiger partial charge in [-0.2, -0.15) is 0 Å². The fourth-order valence-corrected chi connectivity index (χ4v) is 2.38. The van der Waals surface area contributed by atoms with E-state index in [9.17, 15) is 0 Å². The first kappa shape index (κ1) is 6.67. The smallest absolute Gasteiger partial charge is 0.110 e. The zero-order valence-electron chi connectivity index (χ0n) is 7.37. The van der Waals surface area contributed by atoms with E-state index in [1.807, 2.05) is 0 Å². The van der Waals surface area contributed by atoms with Crippen LogP contribution in [-0.2, 0) is 10.2 Å². The molecular formula is C11H12O. The van der Waals surface area contributed by atoms with Gasteiger partial charge in [0.05, 0.1) is 6.10 Å². The Kier molecular flexibility index (Phi) is 0.969. The molecule has 3 rings (SSSR count). The number of hydrogen-bond donors (Lipinski definition) is 0. The van der Waals surface area contributed by atoms with Crippen molar-refractivity contribution in [3.8, 4) is 0 Å². The van der Waals surface area contributed by atoms with Crippen LogP contribution >= 0.6 is 0 Å². The van der Waals surface area contributed by atoms with Crippen LogP contribution in [0.3, 0.4) is 0 Å². The summed E-state index contributed by atoms with van der Waals surface area (Å²) in [7, 11) is 0. The molecule has 12 heavy (non-hydrogen) atoms. The third-order valence-corrected chi connectivity index (χ3v) is 3.16. The average Bonchev–Trinajstić information content (AvgIpc) is 2.80. The monoisotopic (exact) mass is 160 g/mol. The van der Waals surface area contributed by atoms with E-state index in [1.54, 1.807) is 0 Å². The summed E-state index contributed by atoms with van der Waals surface area (Å²) >= 11 is 0. The van der Waals surface area contributed by atoms with E-state index in [1.165, 1.54) is 11.1 Å². The second kappa shape index (κ2) is 1.74. The third-order valence-electron chi connectivity index (χ3n) is 3.16. The Morgan fingerprint density at radius 2 is 2.00 bits per heavy atom. The molecule has 0 saturated carbocycles. The van der Waals surface area contributed by atoms with Gasteiger partial charge in [0.15, 0.2) is 0 Å². The molecule has 0 aromatic heterocycles. The lowest BCUT2D eigenvalue weighted by molar-refractivity contribution is 0.292. The van der Waals surface area contributed by atoms with Gasteiger partial charge in [-0.05, 0) is 11.1 Å². The number of rotatable bonds is 0. The van der Waals surface area contributed by atoms with E-state index >= 15 is 0 Å². The predicted molar refractivity (Wildman–Crippen MR) is 47.1 cm³/mol. The lowest BCUT2D eigenvalue weighted by Crippen LogP contribution is -2.21. The Morgan fingerprint density at radius 3 is 2.75 bits per heavy atom. The van der Waals surface area contributed by atoms with Gasteiger partial charge in [-0.25, -0.2) is 0 Å². The Morgan fingerprint density at radius 1 is 1.25 bits per heavy atom. The molecule has 1 saturated heterocycles. The van der Waals surface area contributed by atoms with E-state index in [0.717, 1.165) is 0 Å². The highest BCUT2D eigenvalue weighted by Gasteiger charge is 2.58. The summed E-state index contributed by atoms with van der Waals surface area (Å²) in [6.45, 7) is 4.53. The highest BCUT2D eigenvalue weighted by Crippen LogP contribution is 2.58. The third kappa shape index (κ3) is 0.593. The standard InChI is InChI=1S/C11H12O/c1-11(2)8-6-4-3-5-7(8)9-10(11)12-9/h3-6,9-10H,1-2H3/t9-,10-/m0/s1. The molecule has 0 bridgehead atoms. The van der Waals surface area contributed by atoms with Crippen LogP contribution in [0.5, 0.6) is 0 Å². The van der Waals surface area contributed by atoms with Gasteiger partial charge >= 0.3 is 0 Å². The summed E-state index contributed by atoms with van der Waals surface area (Å²) in [5, 5.41) is 0. The van der Waals surface area contributed by atoms with Crippen molar-refractivity contribution in [2.75, 3.05) is 0 Å². The van der Waals surface area contributed by atoms with Gasteiger partial charge in [-0.15, -0.1) is 0 Å². The van der Waals surface area contributed by atoms with E-state index < -0.39 is 0 Å². The van der Waals surface area contributed by atoms with Crippen molar-refractivity contribution in [2.45, 2.75) is 31.5 Å². The first-order valence-electron chi connectivity index (χ1n) is 4.46. The van der Waals surface area contributed by atoms with Crippen LogP contribution in [0.4, 0.5) is 0 Å². The summed E-state index contributed by atoms with van der Waals surface area (Å²) in [6, 6.07) is 8.63. The van der Waals surface area contributed by atoms with Crippen LogP contribution in [0.2, 0.25) is 0 Å². The summed E-state index contributed by atoms with van der Waals surface area (Å²) in [5.41, 5.74) is 3.13. The van der Waals surface area contributed by atoms with Gasteiger partial charge in [0.25, 0.3) is 0 Å². The van der Waals surface area contributed by atoms with E-state index in [4.69, 9.17) is 4.74 Å². The fraction of sp³-hybridized carbons (Fsp3) is 0.455. The molecule has 1 nitrogen and oxygen atoms in total. The van der Waals surface area contributed by atoms with Gasteiger partial charge in [-0.3, -0.25) is 0 Å². The van der Waals surface area contributed by atoms with E-state index in [2.05, 4.69) is 38.1 Å². The predicted octanol–water partition coefficient (Wildman–Crippen LogP) is 2.42. The maximum absolute atomic E-state index is 5.59. The minimum atomic E-state index is 0.237. The molecule has 2 aliphatic rings. The molecule has 1 aromatic rings. The largest absolute Gasteiger partial charge is 0.364 e.